The summed E-state index contributed by atoms with van der Waals surface area (Å²) < 4.78 is 7.46. The fraction of sp³-hybridized carbons (Fsp3) is 0.615. The molecule has 0 radical (unpaired) electrons. The van der Waals surface area contributed by atoms with Gasteiger partial charge in [-0.25, -0.2) is 0 Å². The maximum absolute atomic E-state index is 5.35. The second-order valence-electron chi connectivity index (χ2n) is 4.40. The number of nitrogens with zero attached hydrogens (tertiary/aromatic N) is 2. The summed E-state index contributed by atoms with van der Waals surface area (Å²) >= 11 is 1.63. The number of hydrogen-bond donors (Lipinski definition) is 1. The highest BCUT2D eigenvalue weighted by molar-refractivity contribution is 7.15. The van der Waals surface area contributed by atoms with Crippen LogP contribution >= 0.6 is 11.3 Å². The Morgan fingerprint density at radius 3 is 3.00 bits per heavy atom. The average Bonchev–Trinajstić information content (AvgIpc) is 2.95. The van der Waals surface area contributed by atoms with Crippen molar-refractivity contribution in [3.63, 3.8) is 0 Å². The maximum Gasteiger partial charge on any atom is 0.237 e. The third-order valence-corrected chi connectivity index (χ3v) is 3.96. The van der Waals surface area contributed by atoms with Gasteiger partial charge >= 0.3 is 0 Å². The van der Waals surface area contributed by atoms with E-state index in [1.165, 1.54) is 12.8 Å². The number of aromatic nitrogens is 2. The van der Waals surface area contributed by atoms with Gasteiger partial charge in [0.2, 0.25) is 5.88 Å². The molecule has 0 aromatic carbocycles. The van der Waals surface area contributed by atoms with Crippen molar-refractivity contribution in [3.05, 3.63) is 17.3 Å². The Balaban J connectivity index is 2.11. The monoisotopic (exact) mass is 267 g/mol. The minimum absolute atomic E-state index is 0.573. The highest BCUT2D eigenvalue weighted by Gasteiger charge is 2.14. The van der Waals surface area contributed by atoms with Gasteiger partial charge in [-0.05, 0) is 12.8 Å². The molecule has 1 N–H and O–H groups in total. The number of ether oxygens (including phenoxy) is 1. The van der Waals surface area contributed by atoms with Crippen molar-refractivity contribution in [2.75, 3.05) is 7.11 Å². The van der Waals surface area contributed by atoms with Gasteiger partial charge in [0.05, 0.1) is 7.11 Å². The highest BCUT2D eigenvalue weighted by atomic mass is 32.1. The van der Waals surface area contributed by atoms with Crippen molar-refractivity contribution < 1.29 is 4.74 Å². The molecular weight excluding hydrogens is 246 g/mol. The van der Waals surface area contributed by atoms with Gasteiger partial charge in [0.1, 0.15) is 5.69 Å². The molecule has 0 aliphatic rings. The number of imidazole rings is 1. The first-order chi connectivity index (χ1) is 8.80. The zero-order valence-electron chi connectivity index (χ0n) is 11.3. The lowest BCUT2D eigenvalue weighted by atomic mass is 10.1. The van der Waals surface area contributed by atoms with Crippen LogP contribution in [0.2, 0.25) is 0 Å². The third-order valence-electron chi connectivity index (χ3n) is 3.21. The van der Waals surface area contributed by atoms with Crippen LogP contribution in [0.15, 0.2) is 11.6 Å². The molecule has 2 aromatic heterocycles. The van der Waals surface area contributed by atoms with E-state index in [-0.39, 0.29) is 0 Å². The summed E-state index contributed by atoms with van der Waals surface area (Å²) in [5.41, 5.74) is 1.11. The third kappa shape index (κ3) is 2.67. The lowest BCUT2D eigenvalue weighted by Gasteiger charge is -2.15. The van der Waals surface area contributed by atoms with Crippen LogP contribution in [0.1, 0.15) is 38.8 Å². The molecule has 2 aromatic rings. The van der Waals surface area contributed by atoms with E-state index in [0.29, 0.717) is 6.04 Å². The smallest absolute Gasteiger partial charge is 0.237 e. The van der Waals surface area contributed by atoms with E-state index in [2.05, 4.69) is 33.9 Å². The normalized spacial score (nSPS) is 13.1. The van der Waals surface area contributed by atoms with E-state index < -0.39 is 0 Å². The molecule has 0 aliphatic heterocycles. The topological polar surface area (TPSA) is 38.6 Å². The van der Waals surface area contributed by atoms with Crippen molar-refractivity contribution in [1.82, 2.24) is 14.7 Å². The fourth-order valence-electron chi connectivity index (χ4n) is 2.18. The second kappa shape index (κ2) is 6.20. The summed E-state index contributed by atoms with van der Waals surface area (Å²) in [5, 5.41) is 5.64. The van der Waals surface area contributed by atoms with Crippen LogP contribution in [0.4, 0.5) is 0 Å². The summed E-state index contributed by atoms with van der Waals surface area (Å²) in [6.45, 7) is 5.25. The van der Waals surface area contributed by atoms with Gasteiger partial charge in [-0.1, -0.05) is 20.3 Å². The Bertz CT molecular complexity index is 491. The van der Waals surface area contributed by atoms with Gasteiger partial charge in [-0.15, -0.1) is 11.3 Å². The second-order valence-corrected chi connectivity index (χ2v) is 5.27. The lowest BCUT2D eigenvalue weighted by molar-refractivity contribution is 0.387. The fourth-order valence-corrected chi connectivity index (χ4v) is 2.90. The Morgan fingerprint density at radius 1 is 1.50 bits per heavy atom. The Morgan fingerprint density at radius 2 is 2.33 bits per heavy atom. The number of fused-ring (bicyclic) bond motifs is 1. The Hall–Kier alpha value is -1.07. The van der Waals surface area contributed by atoms with Crippen LogP contribution in [0.5, 0.6) is 5.88 Å². The van der Waals surface area contributed by atoms with Crippen LogP contribution in [0.25, 0.3) is 4.96 Å². The Kier molecular flexibility index (Phi) is 4.60. The number of thiazole rings is 1. The molecule has 0 aliphatic carbocycles. The van der Waals surface area contributed by atoms with Crippen LogP contribution < -0.4 is 10.1 Å². The average molecular weight is 267 g/mol. The molecule has 2 heterocycles. The van der Waals surface area contributed by atoms with Crippen molar-refractivity contribution in [2.45, 2.75) is 45.7 Å². The first-order valence-electron chi connectivity index (χ1n) is 6.51. The summed E-state index contributed by atoms with van der Waals surface area (Å²) in [5.74, 6) is 0.737. The molecule has 1 unspecified atom stereocenters. The molecular formula is C13H21N3OS. The van der Waals surface area contributed by atoms with Gasteiger partial charge in [0, 0.05) is 24.2 Å². The number of methoxy groups -OCH3 is 1. The molecule has 0 spiro atoms. The summed E-state index contributed by atoms with van der Waals surface area (Å²) in [7, 11) is 1.68. The van der Waals surface area contributed by atoms with Gasteiger partial charge in [0.15, 0.2) is 4.96 Å². The summed E-state index contributed by atoms with van der Waals surface area (Å²) in [4.78, 5) is 5.45. The van der Waals surface area contributed by atoms with Crippen LogP contribution in [0.3, 0.4) is 0 Å². The SMILES string of the molecule is CCCC(CC)NCc1c(OC)nc2sccn12. The molecule has 5 heteroatoms. The zero-order chi connectivity index (χ0) is 13.0. The molecule has 0 amide bonds. The van der Waals surface area contributed by atoms with Crippen LogP contribution in [-0.4, -0.2) is 22.5 Å². The standard InChI is InChI=1S/C13H21N3OS/c1-4-6-10(5-2)14-9-11-12(17-3)15-13-16(11)7-8-18-13/h7-8,10,14H,4-6,9H2,1-3H3. The van der Waals surface area contributed by atoms with E-state index in [0.717, 1.165) is 29.5 Å². The van der Waals surface area contributed by atoms with Crippen molar-refractivity contribution >= 4 is 16.3 Å². The van der Waals surface area contributed by atoms with Crippen LogP contribution in [0, 0.1) is 0 Å². The summed E-state index contributed by atoms with van der Waals surface area (Å²) in [6, 6.07) is 0.573. The zero-order valence-corrected chi connectivity index (χ0v) is 12.1. The van der Waals surface area contributed by atoms with E-state index in [1.54, 1.807) is 18.4 Å². The molecule has 0 saturated heterocycles. The quantitative estimate of drug-likeness (QED) is 0.838. The summed E-state index contributed by atoms with van der Waals surface area (Å²) in [6.07, 6.45) is 5.63. The Labute approximate surface area is 112 Å². The predicted molar refractivity (Wildman–Crippen MR) is 75.4 cm³/mol. The van der Waals surface area contributed by atoms with Crippen molar-refractivity contribution in [1.29, 1.82) is 0 Å². The molecule has 18 heavy (non-hydrogen) atoms. The largest absolute Gasteiger partial charge is 0.480 e. The first-order valence-corrected chi connectivity index (χ1v) is 7.39. The molecule has 0 bridgehead atoms. The molecule has 100 valence electrons. The van der Waals surface area contributed by atoms with E-state index >= 15 is 0 Å². The lowest BCUT2D eigenvalue weighted by Crippen LogP contribution is -2.28. The maximum atomic E-state index is 5.35. The first kappa shape index (κ1) is 13.4. The van der Waals surface area contributed by atoms with E-state index in [4.69, 9.17) is 4.74 Å². The van der Waals surface area contributed by atoms with E-state index in [1.807, 2.05) is 6.20 Å². The molecule has 0 saturated carbocycles. The van der Waals surface area contributed by atoms with Gasteiger partial charge in [-0.3, -0.25) is 4.40 Å². The van der Waals surface area contributed by atoms with Crippen molar-refractivity contribution in [2.24, 2.45) is 0 Å². The van der Waals surface area contributed by atoms with Gasteiger partial charge in [-0.2, -0.15) is 4.98 Å². The van der Waals surface area contributed by atoms with E-state index in [9.17, 15) is 0 Å². The number of rotatable bonds is 7. The number of hydrogen-bond acceptors (Lipinski definition) is 4. The minimum Gasteiger partial charge on any atom is -0.480 e. The van der Waals surface area contributed by atoms with Gasteiger partial charge in [0.25, 0.3) is 0 Å². The van der Waals surface area contributed by atoms with Gasteiger partial charge < -0.3 is 10.1 Å². The molecule has 1 atom stereocenters. The molecule has 4 nitrogen and oxygen atoms in total. The predicted octanol–water partition coefficient (Wildman–Crippen LogP) is 3.07. The minimum atomic E-state index is 0.573. The highest BCUT2D eigenvalue weighted by Crippen LogP contribution is 2.23. The number of nitrogens with one attached hydrogen (secondary N) is 1. The molecule has 2 rings (SSSR count). The molecule has 0 fully saturated rings. The van der Waals surface area contributed by atoms with Crippen LogP contribution in [-0.2, 0) is 6.54 Å². The van der Waals surface area contributed by atoms with Crippen molar-refractivity contribution in [3.8, 4) is 5.88 Å².